The number of imidazole rings is 1. The van der Waals surface area contributed by atoms with Crippen LogP contribution in [0.25, 0.3) is 6.08 Å². The van der Waals surface area contributed by atoms with Gasteiger partial charge in [0.2, 0.25) is 11.7 Å². The Bertz CT molecular complexity index is 1210. The molecular formula is C24H26F5N5O3. The highest BCUT2D eigenvalue weighted by Crippen LogP contribution is 2.33. The molecule has 13 heteroatoms. The largest absolute Gasteiger partial charge is 0.449 e. The van der Waals surface area contributed by atoms with E-state index in [1.165, 1.54) is 21.9 Å². The van der Waals surface area contributed by atoms with Gasteiger partial charge in [0.15, 0.2) is 5.69 Å². The maximum absolute atomic E-state index is 14.2. The molecule has 2 aliphatic heterocycles. The number of carbonyl (C=O) groups is 2. The summed E-state index contributed by atoms with van der Waals surface area (Å²) in [6.45, 7) is 3.93. The van der Waals surface area contributed by atoms with Crippen molar-refractivity contribution in [2.75, 3.05) is 32.8 Å². The highest BCUT2D eigenvalue weighted by molar-refractivity contribution is 5.94. The van der Waals surface area contributed by atoms with Crippen LogP contribution in [0.3, 0.4) is 0 Å². The van der Waals surface area contributed by atoms with Gasteiger partial charge in [-0.3, -0.25) is 9.59 Å². The molecule has 0 aliphatic carbocycles. The van der Waals surface area contributed by atoms with Gasteiger partial charge in [-0.05, 0) is 18.1 Å². The van der Waals surface area contributed by atoms with Gasteiger partial charge in [-0.15, -0.1) is 0 Å². The molecule has 1 aromatic carbocycles. The summed E-state index contributed by atoms with van der Waals surface area (Å²) in [5.74, 6) is -3.89. The van der Waals surface area contributed by atoms with Crippen LogP contribution in [-0.4, -0.2) is 70.1 Å². The van der Waals surface area contributed by atoms with E-state index in [9.17, 15) is 31.5 Å². The Morgan fingerprint density at radius 2 is 1.81 bits per heavy atom. The molecule has 2 N–H and O–H groups in total. The number of hydrogen-bond donors (Lipinski definition) is 1. The lowest BCUT2D eigenvalue weighted by Gasteiger charge is -2.31. The number of morpholine rings is 1. The SMILES string of the molecule is C=Cc1cc(CC(N)CC(=O)N2CCn3c(C(F)(F)F)nc(C(=O)N4CCOCC4)c3C2)c(F)cc1F. The van der Waals surface area contributed by atoms with Crippen molar-refractivity contribution in [3.05, 3.63) is 58.7 Å². The number of hydrogen-bond acceptors (Lipinski definition) is 5. The molecule has 1 aromatic heterocycles. The lowest BCUT2D eigenvalue weighted by Crippen LogP contribution is -2.43. The fourth-order valence-electron chi connectivity index (χ4n) is 4.52. The fraction of sp³-hybridized carbons (Fsp3) is 0.458. The van der Waals surface area contributed by atoms with E-state index in [2.05, 4.69) is 11.6 Å². The van der Waals surface area contributed by atoms with Crippen molar-refractivity contribution >= 4 is 17.9 Å². The van der Waals surface area contributed by atoms with Crippen molar-refractivity contribution in [3.63, 3.8) is 0 Å². The summed E-state index contributed by atoms with van der Waals surface area (Å²) >= 11 is 0. The maximum atomic E-state index is 14.2. The molecule has 1 unspecified atom stereocenters. The van der Waals surface area contributed by atoms with Gasteiger partial charge < -0.3 is 24.8 Å². The van der Waals surface area contributed by atoms with Crippen LogP contribution in [0.4, 0.5) is 22.0 Å². The molecule has 0 radical (unpaired) electrons. The van der Waals surface area contributed by atoms with Crippen LogP contribution in [-0.2, 0) is 35.2 Å². The van der Waals surface area contributed by atoms with Crippen molar-refractivity contribution in [1.82, 2.24) is 19.4 Å². The summed E-state index contributed by atoms with van der Waals surface area (Å²) in [7, 11) is 0. The fourth-order valence-corrected chi connectivity index (χ4v) is 4.52. The Morgan fingerprint density at radius 3 is 2.46 bits per heavy atom. The van der Waals surface area contributed by atoms with E-state index < -0.39 is 41.5 Å². The second kappa shape index (κ2) is 10.6. The highest BCUT2D eigenvalue weighted by Gasteiger charge is 2.42. The standard InChI is InChI=1S/C24H26F5N5O3/c1-2-14-9-15(18(26)12-17(14)25)10-16(30)11-20(35)33-3-4-34-19(13-33)21(31-23(34)24(27,28)29)22(36)32-5-7-37-8-6-32/h2,9,12,16H,1,3-8,10-11,13,30H2. The predicted octanol–water partition coefficient (Wildman–Crippen LogP) is 2.60. The molecule has 1 fully saturated rings. The van der Waals surface area contributed by atoms with Crippen molar-refractivity contribution in [3.8, 4) is 0 Å². The van der Waals surface area contributed by atoms with Crippen molar-refractivity contribution in [2.45, 2.75) is 38.1 Å². The van der Waals surface area contributed by atoms with Crippen LogP contribution in [0, 0.1) is 11.6 Å². The number of amides is 2. The number of rotatable bonds is 6. The average Bonchev–Trinajstić information content (AvgIpc) is 3.25. The Hall–Kier alpha value is -3.32. The first-order valence-electron chi connectivity index (χ1n) is 11.7. The summed E-state index contributed by atoms with van der Waals surface area (Å²) in [6.07, 6.45) is -3.84. The minimum atomic E-state index is -4.78. The van der Waals surface area contributed by atoms with Gasteiger partial charge >= 0.3 is 6.18 Å². The second-order valence-corrected chi connectivity index (χ2v) is 8.94. The lowest BCUT2D eigenvalue weighted by atomic mass is 10.00. The first-order chi connectivity index (χ1) is 17.5. The molecule has 37 heavy (non-hydrogen) atoms. The van der Waals surface area contributed by atoms with Crippen LogP contribution in [0.1, 0.15) is 39.6 Å². The number of nitrogens with two attached hydrogens (primary N) is 1. The first kappa shape index (κ1) is 26.7. The molecule has 0 saturated carbocycles. The first-order valence-corrected chi connectivity index (χ1v) is 11.7. The average molecular weight is 527 g/mol. The summed E-state index contributed by atoms with van der Waals surface area (Å²) < 4.78 is 75.0. The van der Waals surface area contributed by atoms with Crippen LogP contribution < -0.4 is 5.73 Å². The van der Waals surface area contributed by atoms with E-state index in [4.69, 9.17) is 10.5 Å². The second-order valence-electron chi connectivity index (χ2n) is 8.94. The maximum Gasteiger partial charge on any atom is 0.449 e. The van der Waals surface area contributed by atoms with Gasteiger partial charge in [-0.2, -0.15) is 13.2 Å². The number of nitrogens with zero attached hydrogens (tertiary/aromatic N) is 4. The van der Waals surface area contributed by atoms with E-state index in [1.807, 2.05) is 0 Å². The molecule has 2 amide bonds. The summed E-state index contributed by atoms with van der Waals surface area (Å²) in [4.78, 5) is 32.3. The molecule has 200 valence electrons. The smallest absolute Gasteiger partial charge is 0.378 e. The number of benzene rings is 1. The van der Waals surface area contributed by atoms with Gasteiger partial charge in [0.1, 0.15) is 11.6 Å². The number of carbonyl (C=O) groups excluding carboxylic acids is 2. The van der Waals surface area contributed by atoms with Crippen LogP contribution in [0.2, 0.25) is 0 Å². The molecule has 1 saturated heterocycles. The van der Waals surface area contributed by atoms with E-state index in [0.717, 1.165) is 10.6 Å². The Labute approximate surface area is 209 Å². The van der Waals surface area contributed by atoms with Gasteiger partial charge in [0, 0.05) is 50.3 Å². The third-order valence-corrected chi connectivity index (χ3v) is 6.42. The number of alkyl halides is 3. The molecule has 8 nitrogen and oxygen atoms in total. The summed E-state index contributed by atoms with van der Waals surface area (Å²) in [5, 5.41) is 0. The number of fused-ring (bicyclic) bond motifs is 1. The number of ether oxygens (including phenoxy) is 1. The molecule has 3 heterocycles. The van der Waals surface area contributed by atoms with Gasteiger partial charge in [0.25, 0.3) is 5.91 Å². The van der Waals surface area contributed by atoms with Crippen molar-refractivity contribution in [2.24, 2.45) is 5.73 Å². The van der Waals surface area contributed by atoms with E-state index in [0.29, 0.717) is 0 Å². The third-order valence-electron chi connectivity index (χ3n) is 6.42. The highest BCUT2D eigenvalue weighted by atomic mass is 19.4. The minimum Gasteiger partial charge on any atom is -0.378 e. The monoisotopic (exact) mass is 527 g/mol. The molecule has 0 bridgehead atoms. The topological polar surface area (TPSA) is 93.7 Å². The van der Waals surface area contributed by atoms with Gasteiger partial charge in [-0.1, -0.05) is 12.7 Å². The normalized spacial score (nSPS) is 16.9. The Balaban J connectivity index is 1.51. The van der Waals surface area contributed by atoms with E-state index in [-0.39, 0.29) is 81.3 Å². The third kappa shape index (κ3) is 5.67. The van der Waals surface area contributed by atoms with E-state index in [1.54, 1.807) is 0 Å². The molecule has 4 rings (SSSR count). The van der Waals surface area contributed by atoms with Gasteiger partial charge in [-0.25, -0.2) is 13.8 Å². The summed E-state index contributed by atoms with van der Waals surface area (Å²) in [5.41, 5.74) is 5.93. The zero-order chi connectivity index (χ0) is 26.9. The lowest BCUT2D eigenvalue weighted by molar-refractivity contribution is -0.148. The number of aromatic nitrogens is 2. The molecule has 1 atom stereocenters. The van der Waals surface area contributed by atoms with Crippen molar-refractivity contribution < 1.29 is 36.3 Å². The van der Waals surface area contributed by atoms with Crippen LogP contribution in [0.5, 0.6) is 0 Å². The molecule has 2 aromatic rings. The van der Waals surface area contributed by atoms with Gasteiger partial charge in [0.05, 0.1) is 25.5 Å². The minimum absolute atomic E-state index is 0.00260. The number of halogens is 5. The zero-order valence-corrected chi connectivity index (χ0v) is 19.9. The summed E-state index contributed by atoms with van der Waals surface area (Å²) in [6, 6.07) is 1.15. The van der Waals surface area contributed by atoms with Crippen LogP contribution >= 0.6 is 0 Å². The molecular weight excluding hydrogens is 501 g/mol. The Kier molecular flexibility index (Phi) is 7.64. The van der Waals surface area contributed by atoms with Crippen molar-refractivity contribution in [1.29, 1.82) is 0 Å². The van der Waals surface area contributed by atoms with Crippen LogP contribution in [0.15, 0.2) is 18.7 Å². The predicted molar refractivity (Wildman–Crippen MR) is 122 cm³/mol. The molecule has 0 spiro atoms. The van der Waals surface area contributed by atoms with E-state index >= 15 is 0 Å². The Morgan fingerprint density at radius 1 is 1.11 bits per heavy atom. The quantitative estimate of drug-likeness (QED) is 0.583. The zero-order valence-electron chi connectivity index (χ0n) is 19.9. The molecule has 2 aliphatic rings.